The van der Waals surface area contributed by atoms with Gasteiger partial charge in [0.05, 0.1) is 0 Å². The third-order valence-corrected chi connectivity index (χ3v) is 5.35. The van der Waals surface area contributed by atoms with Crippen LogP contribution in [0.1, 0.15) is 34.8 Å². The molecule has 5 nitrogen and oxygen atoms in total. The summed E-state index contributed by atoms with van der Waals surface area (Å²) < 4.78 is 5.45. The lowest BCUT2D eigenvalue weighted by Crippen LogP contribution is -2.17. The largest absolute Gasteiger partial charge is 0.482 e. The van der Waals surface area contributed by atoms with Crippen molar-refractivity contribution in [3.8, 4) is 5.75 Å². The summed E-state index contributed by atoms with van der Waals surface area (Å²) in [6, 6.07) is 26.1. The van der Waals surface area contributed by atoms with Crippen LogP contribution in [0, 0.1) is 0 Å². The maximum absolute atomic E-state index is 10.8. The summed E-state index contributed by atoms with van der Waals surface area (Å²) >= 11 is 0. The second-order valence-corrected chi connectivity index (χ2v) is 7.49. The number of hydroxylamine groups is 1. The number of carbonyl (C=O) groups is 1. The van der Waals surface area contributed by atoms with E-state index in [9.17, 15) is 4.79 Å². The fraction of sp³-hybridized carbons (Fsp3) is 0.192. The summed E-state index contributed by atoms with van der Waals surface area (Å²) in [6.45, 7) is -0.324. The van der Waals surface area contributed by atoms with Gasteiger partial charge < -0.3 is 9.84 Å². The number of nitrogens with one attached hydrogen (secondary N) is 1. The predicted molar refractivity (Wildman–Crippen MR) is 119 cm³/mol. The number of ether oxygens (including phenoxy) is 1. The lowest BCUT2D eigenvalue weighted by Gasteiger charge is -2.22. The summed E-state index contributed by atoms with van der Waals surface area (Å²) in [6.07, 6.45) is 4.16. The van der Waals surface area contributed by atoms with Gasteiger partial charge in [0.2, 0.25) is 0 Å². The monoisotopic (exact) mass is 415 g/mol. The highest BCUT2D eigenvalue weighted by molar-refractivity contribution is 5.68. The quantitative estimate of drug-likeness (QED) is 0.516. The number of rotatable bonds is 8. The van der Waals surface area contributed by atoms with Gasteiger partial charge in [0, 0.05) is 6.20 Å². The molecule has 3 aromatic rings. The van der Waals surface area contributed by atoms with Crippen LogP contribution in [0.15, 0.2) is 90.6 Å². The number of hydrogen-bond acceptors (Lipinski definition) is 4. The Balaban J connectivity index is 1.44. The zero-order chi connectivity index (χ0) is 21.5. The second kappa shape index (κ2) is 9.96. The molecule has 0 radical (unpaired) electrons. The van der Waals surface area contributed by atoms with Gasteiger partial charge in [0.25, 0.3) is 0 Å². The molecule has 0 unspecified atom stereocenters. The van der Waals surface area contributed by atoms with Crippen LogP contribution in [-0.4, -0.2) is 17.7 Å². The van der Waals surface area contributed by atoms with Crippen LogP contribution in [0.2, 0.25) is 0 Å². The number of carboxylic acids is 1. The zero-order valence-electron chi connectivity index (χ0n) is 17.2. The van der Waals surface area contributed by atoms with Gasteiger partial charge >= 0.3 is 5.97 Å². The molecule has 0 heterocycles. The van der Waals surface area contributed by atoms with Crippen LogP contribution in [0.5, 0.6) is 5.75 Å². The highest BCUT2D eigenvalue weighted by atomic mass is 16.7. The standard InChI is InChI=1S/C26H25NO4/c28-25(29)18-30-24-13-7-12-22-16-19(14-15-23(22)24)17-27-31-26(20-8-3-1-4-9-20)21-10-5-2-6-11-21/h1-13,17,26-27H,14-16,18H2,(H,28,29). The number of benzene rings is 3. The Morgan fingerprint density at radius 1 is 0.935 bits per heavy atom. The first-order valence-corrected chi connectivity index (χ1v) is 10.3. The van der Waals surface area contributed by atoms with E-state index in [1.807, 2.05) is 54.7 Å². The Kier molecular flexibility index (Phi) is 6.65. The van der Waals surface area contributed by atoms with E-state index in [4.69, 9.17) is 14.7 Å². The molecule has 5 heteroatoms. The number of hydrogen-bond donors (Lipinski definition) is 2. The van der Waals surface area contributed by atoms with E-state index in [-0.39, 0.29) is 12.7 Å². The fourth-order valence-corrected chi connectivity index (χ4v) is 3.85. The fourth-order valence-electron chi connectivity index (χ4n) is 3.85. The van der Waals surface area contributed by atoms with Crippen molar-refractivity contribution >= 4 is 5.97 Å². The van der Waals surface area contributed by atoms with Gasteiger partial charge in [-0.2, -0.15) is 0 Å². The van der Waals surface area contributed by atoms with Gasteiger partial charge in [-0.1, -0.05) is 72.8 Å². The maximum Gasteiger partial charge on any atom is 0.341 e. The SMILES string of the molecule is O=C(O)COc1cccc2c1CCC(=CNOC(c1ccccc1)c1ccccc1)C2. The van der Waals surface area contributed by atoms with E-state index in [1.165, 1.54) is 5.57 Å². The first kappa shape index (κ1) is 20.7. The van der Waals surface area contributed by atoms with Crippen molar-refractivity contribution in [3.05, 3.63) is 113 Å². The smallest absolute Gasteiger partial charge is 0.341 e. The molecule has 4 rings (SSSR count). The van der Waals surface area contributed by atoms with E-state index in [2.05, 4.69) is 35.8 Å². The zero-order valence-corrected chi connectivity index (χ0v) is 17.2. The Bertz CT molecular complexity index is 1010. The van der Waals surface area contributed by atoms with Gasteiger partial charge in [-0.25, -0.2) is 4.79 Å². The van der Waals surface area contributed by atoms with E-state index >= 15 is 0 Å². The molecule has 0 saturated heterocycles. The maximum atomic E-state index is 10.8. The van der Waals surface area contributed by atoms with Gasteiger partial charge in [-0.3, -0.25) is 10.3 Å². The van der Waals surface area contributed by atoms with Gasteiger partial charge in [0.15, 0.2) is 6.61 Å². The number of carboxylic acid groups (broad SMARTS) is 1. The highest BCUT2D eigenvalue weighted by Gasteiger charge is 2.18. The van der Waals surface area contributed by atoms with E-state index in [0.29, 0.717) is 5.75 Å². The minimum atomic E-state index is -0.971. The van der Waals surface area contributed by atoms with Gasteiger partial charge in [-0.15, -0.1) is 0 Å². The molecule has 1 aliphatic rings. The third kappa shape index (κ3) is 5.32. The summed E-state index contributed by atoms with van der Waals surface area (Å²) in [5.41, 5.74) is 8.69. The average molecular weight is 415 g/mol. The molecule has 31 heavy (non-hydrogen) atoms. The second-order valence-electron chi connectivity index (χ2n) is 7.49. The van der Waals surface area contributed by atoms with Crippen molar-refractivity contribution < 1.29 is 19.5 Å². The van der Waals surface area contributed by atoms with Crippen molar-refractivity contribution in [1.29, 1.82) is 0 Å². The number of fused-ring (bicyclic) bond motifs is 1. The molecular weight excluding hydrogens is 390 g/mol. The van der Waals surface area contributed by atoms with Crippen LogP contribution < -0.4 is 10.2 Å². The summed E-state index contributed by atoms with van der Waals surface area (Å²) in [4.78, 5) is 16.9. The lowest BCUT2D eigenvalue weighted by molar-refractivity contribution is -0.139. The van der Waals surface area contributed by atoms with E-state index < -0.39 is 5.97 Å². The number of aliphatic carboxylic acids is 1. The summed E-state index contributed by atoms with van der Waals surface area (Å²) in [5.74, 6) is -0.307. The topological polar surface area (TPSA) is 67.8 Å². The van der Waals surface area contributed by atoms with Crippen LogP contribution in [-0.2, 0) is 22.5 Å². The molecule has 0 aliphatic heterocycles. The molecule has 0 aromatic heterocycles. The molecule has 0 saturated carbocycles. The van der Waals surface area contributed by atoms with Gasteiger partial charge in [-0.05, 0) is 53.2 Å². The molecule has 0 bridgehead atoms. The molecule has 0 amide bonds. The first-order chi connectivity index (χ1) is 15.2. The van der Waals surface area contributed by atoms with Crippen molar-refractivity contribution in [2.75, 3.05) is 6.61 Å². The molecule has 2 N–H and O–H groups in total. The van der Waals surface area contributed by atoms with Crippen molar-refractivity contribution in [1.82, 2.24) is 5.48 Å². The van der Waals surface area contributed by atoms with Crippen LogP contribution in [0.3, 0.4) is 0 Å². The summed E-state index contributed by atoms with van der Waals surface area (Å²) in [7, 11) is 0. The van der Waals surface area contributed by atoms with Crippen molar-refractivity contribution in [2.45, 2.75) is 25.4 Å². The van der Waals surface area contributed by atoms with Crippen LogP contribution in [0.25, 0.3) is 0 Å². The summed E-state index contributed by atoms with van der Waals surface area (Å²) in [5, 5.41) is 8.87. The van der Waals surface area contributed by atoms with Crippen LogP contribution >= 0.6 is 0 Å². The lowest BCUT2D eigenvalue weighted by atomic mass is 9.88. The Morgan fingerprint density at radius 3 is 2.26 bits per heavy atom. The van der Waals surface area contributed by atoms with Crippen molar-refractivity contribution in [3.63, 3.8) is 0 Å². The van der Waals surface area contributed by atoms with Gasteiger partial charge in [0.1, 0.15) is 11.9 Å². The average Bonchev–Trinajstić information content (AvgIpc) is 2.81. The molecule has 158 valence electrons. The Hall–Kier alpha value is -3.57. The Labute approximate surface area is 181 Å². The Morgan fingerprint density at radius 2 is 1.61 bits per heavy atom. The van der Waals surface area contributed by atoms with E-state index in [1.54, 1.807) is 0 Å². The molecular formula is C26H25NO4. The molecule has 1 aliphatic carbocycles. The molecule has 0 fully saturated rings. The van der Waals surface area contributed by atoms with Crippen LogP contribution in [0.4, 0.5) is 0 Å². The van der Waals surface area contributed by atoms with E-state index in [0.717, 1.165) is 41.5 Å². The molecule has 0 atom stereocenters. The molecule has 0 spiro atoms. The van der Waals surface area contributed by atoms with Crippen molar-refractivity contribution in [2.24, 2.45) is 0 Å². The normalized spacial score (nSPS) is 14.3. The third-order valence-electron chi connectivity index (χ3n) is 5.35. The number of allylic oxidation sites excluding steroid dienone is 1. The highest BCUT2D eigenvalue weighted by Crippen LogP contribution is 2.32. The molecule has 3 aromatic carbocycles. The predicted octanol–water partition coefficient (Wildman–Crippen LogP) is 4.83. The first-order valence-electron chi connectivity index (χ1n) is 10.3. The minimum Gasteiger partial charge on any atom is -0.482 e. The minimum absolute atomic E-state index is 0.217.